The van der Waals surface area contributed by atoms with Gasteiger partial charge in [-0.2, -0.15) is 0 Å². The van der Waals surface area contributed by atoms with Crippen LogP contribution in [0.1, 0.15) is 24.3 Å². The molecule has 78 valence electrons. The molecule has 1 aromatic heterocycles. The van der Waals surface area contributed by atoms with Gasteiger partial charge < -0.3 is 4.74 Å². The third kappa shape index (κ3) is 3.03. The van der Waals surface area contributed by atoms with Crippen LogP contribution in [0.3, 0.4) is 0 Å². The zero-order valence-corrected chi connectivity index (χ0v) is 9.91. The number of pyridine rings is 1. The van der Waals surface area contributed by atoms with E-state index in [1.807, 2.05) is 0 Å². The molecule has 15 heavy (non-hydrogen) atoms. The predicted molar refractivity (Wildman–Crippen MR) is 58.8 cm³/mol. The average Bonchev–Trinajstić information content (AvgIpc) is 2.16. The van der Waals surface area contributed by atoms with Gasteiger partial charge in [0, 0.05) is 10.7 Å². The molecule has 0 radical (unpaired) electrons. The lowest BCUT2D eigenvalue weighted by Crippen LogP contribution is -2.13. The Labute approximate surface area is 96.2 Å². The van der Waals surface area contributed by atoms with Crippen LogP contribution in [0.5, 0.6) is 0 Å². The number of esters is 1. The first-order valence-electron chi connectivity index (χ1n) is 4.28. The molecule has 1 heterocycles. The van der Waals surface area contributed by atoms with Gasteiger partial charge in [-0.3, -0.25) is 4.98 Å². The van der Waals surface area contributed by atoms with E-state index in [0.717, 1.165) is 0 Å². The summed E-state index contributed by atoms with van der Waals surface area (Å²) in [6.07, 6.45) is 1.24. The fourth-order valence-corrected chi connectivity index (χ4v) is 1.26. The van der Waals surface area contributed by atoms with E-state index in [1.165, 1.54) is 12.3 Å². The zero-order chi connectivity index (χ0) is 11.4. The summed E-state index contributed by atoms with van der Waals surface area (Å²) in [5.74, 6) is -0.566. The lowest BCUT2D eigenvalue weighted by atomic mass is 10.3. The Kier molecular flexibility index (Phi) is 3.81. The average molecular weight is 269 g/mol. The number of rotatable bonds is 2. The molecule has 0 aromatic carbocycles. The molecule has 0 amide bonds. The second kappa shape index (κ2) is 4.89. The molecular weight excluding hydrogens is 260 g/mol. The molecule has 0 atom stereocenters. The van der Waals surface area contributed by atoms with Gasteiger partial charge in [0.25, 0.3) is 0 Å². The van der Waals surface area contributed by atoms with Gasteiger partial charge in [0.2, 0.25) is 5.69 Å². The molecule has 0 saturated carbocycles. The summed E-state index contributed by atoms with van der Waals surface area (Å²) in [5.41, 5.74) is 0.247. The van der Waals surface area contributed by atoms with E-state index >= 15 is 0 Å². The molecule has 0 aliphatic rings. The molecule has 0 spiro atoms. The molecule has 4 nitrogen and oxygen atoms in total. The third-order valence-corrected chi connectivity index (χ3v) is 1.92. The van der Waals surface area contributed by atoms with E-state index in [0.29, 0.717) is 4.47 Å². The Balaban J connectivity index is 3.04. The van der Waals surface area contributed by atoms with E-state index in [9.17, 15) is 4.79 Å². The first-order valence-corrected chi connectivity index (χ1v) is 5.08. The molecule has 0 aliphatic heterocycles. The molecule has 5 heteroatoms. The van der Waals surface area contributed by atoms with Crippen LogP contribution in [0, 0.1) is 6.57 Å². The number of carbonyl (C=O) groups is 1. The van der Waals surface area contributed by atoms with Crippen LogP contribution in [0.15, 0.2) is 16.7 Å². The topological polar surface area (TPSA) is 43.5 Å². The van der Waals surface area contributed by atoms with Crippen molar-refractivity contribution in [3.8, 4) is 0 Å². The Morgan fingerprint density at radius 3 is 2.87 bits per heavy atom. The number of carbonyl (C=O) groups excluding carboxylic acids is 1. The van der Waals surface area contributed by atoms with Gasteiger partial charge in [0.05, 0.1) is 12.7 Å². The van der Waals surface area contributed by atoms with Crippen LogP contribution in [-0.4, -0.2) is 17.1 Å². The van der Waals surface area contributed by atoms with Crippen molar-refractivity contribution in [2.45, 2.75) is 20.0 Å². The van der Waals surface area contributed by atoms with Crippen LogP contribution in [0.25, 0.3) is 4.85 Å². The molecule has 1 aromatic rings. The first kappa shape index (κ1) is 11.7. The molecular formula is C10H9BrN2O2. The lowest BCUT2D eigenvalue weighted by molar-refractivity contribution is 0.0372. The molecule has 0 bridgehead atoms. The fourth-order valence-electron chi connectivity index (χ4n) is 0.941. The van der Waals surface area contributed by atoms with Gasteiger partial charge in [0.1, 0.15) is 0 Å². The van der Waals surface area contributed by atoms with Crippen LogP contribution in [0.2, 0.25) is 0 Å². The number of hydrogen-bond donors (Lipinski definition) is 0. The van der Waals surface area contributed by atoms with Crippen LogP contribution in [0.4, 0.5) is 5.69 Å². The molecule has 0 saturated heterocycles. The second-order valence-corrected chi connectivity index (χ2v) is 4.00. The smallest absolute Gasteiger partial charge is 0.346 e. The standard InChI is InChI=1S/C10H9BrN2O2/c1-6(2)15-10(14)9-8(12-3)4-7(11)5-13-9/h4-6H,1-2H3. The van der Waals surface area contributed by atoms with Crippen molar-refractivity contribution < 1.29 is 9.53 Å². The van der Waals surface area contributed by atoms with Crippen molar-refractivity contribution in [3.05, 3.63) is 33.8 Å². The van der Waals surface area contributed by atoms with E-state index in [-0.39, 0.29) is 17.5 Å². The predicted octanol–water partition coefficient (Wildman–Crippen LogP) is 2.96. The van der Waals surface area contributed by atoms with E-state index in [2.05, 4.69) is 25.8 Å². The van der Waals surface area contributed by atoms with Crippen molar-refractivity contribution in [1.29, 1.82) is 0 Å². The van der Waals surface area contributed by atoms with Gasteiger partial charge in [-0.05, 0) is 19.9 Å². The Hall–Kier alpha value is -1.41. The number of aromatic nitrogens is 1. The van der Waals surface area contributed by atoms with Crippen molar-refractivity contribution >= 4 is 27.6 Å². The highest BCUT2D eigenvalue weighted by Crippen LogP contribution is 2.22. The quantitative estimate of drug-likeness (QED) is 0.612. The highest BCUT2D eigenvalue weighted by Gasteiger charge is 2.16. The van der Waals surface area contributed by atoms with Crippen molar-refractivity contribution in [2.75, 3.05) is 0 Å². The molecule has 0 N–H and O–H groups in total. The third-order valence-electron chi connectivity index (χ3n) is 1.49. The Morgan fingerprint density at radius 2 is 2.33 bits per heavy atom. The van der Waals surface area contributed by atoms with Crippen LogP contribution < -0.4 is 0 Å². The number of halogens is 1. The number of ether oxygens (including phenoxy) is 1. The van der Waals surface area contributed by atoms with Gasteiger partial charge in [-0.25, -0.2) is 9.64 Å². The summed E-state index contributed by atoms with van der Waals surface area (Å²) >= 11 is 3.18. The summed E-state index contributed by atoms with van der Waals surface area (Å²) in [5, 5.41) is 0. The minimum Gasteiger partial charge on any atom is -0.459 e. The Bertz CT molecular complexity index is 424. The molecule has 0 unspecified atom stereocenters. The summed E-state index contributed by atoms with van der Waals surface area (Å²) in [4.78, 5) is 18.6. The van der Waals surface area contributed by atoms with E-state index in [4.69, 9.17) is 11.3 Å². The summed E-state index contributed by atoms with van der Waals surface area (Å²) in [6.45, 7) is 10.4. The lowest BCUT2D eigenvalue weighted by Gasteiger charge is -2.08. The summed E-state index contributed by atoms with van der Waals surface area (Å²) in [6, 6.07) is 1.54. The fraction of sp³-hybridized carbons (Fsp3) is 0.300. The minimum atomic E-state index is -0.566. The van der Waals surface area contributed by atoms with Crippen LogP contribution >= 0.6 is 15.9 Å². The largest absolute Gasteiger partial charge is 0.459 e. The van der Waals surface area contributed by atoms with Crippen LogP contribution in [-0.2, 0) is 4.74 Å². The van der Waals surface area contributed by atoms with Gasteiger partial charge >= 0.3 is 5.97 Å². The van der Waals surface area contributed by atoms with E-state index in [1.54, 1.807) is 13.8 Å². The monoisotopic (exact) mass is 268 g/mol. The highest BCUT2D eigenvalue weighted by atomic mass is 79.9. The maximum atomic E-state index is 11.5. The summed E-state index contributed by atoms with van der Waals surface area (Å²) in [7, 11) is 0. The molecule has 1 rings (SSSR count). The van der Waals surface area contributed by atoms with E-state index < -0.39 is 5.97 Å². The highest BCUT2D eigenvalue weighted by molar-refractivity contribution is 9.10. The number of hydrogen-bond acceptors (Lipinski definition) is 3. The Morgan fingerprint density at radius 1 is 1.67 bits per heavy atom. The number of nitrogens with zero attached hydrogens (tertiary/aromatic N) is 2. The summed E-state index contributed by atoms with van der Waals surface area (Å²) < 4.78 is 5.62. The first-order chi connectivity index (χ1) is 7.04. The van der Waals surface area contributed by atoms with Gasteiger partial charge in [-0.1, -0.05) is 15.9 Å². The van der Waals surface area contributed by atoms with Gasteiger partial charge in [-0.15, -0.1) is 0 Å². The SMILES string of the molecule is [C-]#[N+]c1cc(Br)cnc1C(=O)OC(C)C. The maximum absolute atomic E-state index is 11.5. The van der Waals surface area contributed by atoms with Crippen molar-refractivity contribution in [1.82, 2.24) is 4.98 Å². The van der Waals surface area contributed by atoms with Crippen molar-refractivity contribution in [3.63, 3.8) is 0 Å². The second-order valence-electron chi connectivity index (χ2n) is 3.09. The minimum absolute atomic E-state index is 0.0573. The zero-order valence-electron chi connectivity index (χ0n) is 8.32. The molecule has 0 aliphatic carbocycles. The van der Waals surface area contributed by atoms with Gasteiger partial charge in [0.15, 0.2) is 5.69 Å². The maximum Gasteiger partial charge on any atom is 0.346 e. The molecule has 0 fully saturated rings. The van der Waals surface area contributed by atoms with Crippen molar-refractivity contribution in [2.24, 2.45) is 0 Å². The normalized spacial score (nSPS) is 9.80.